The largest absolute Gasteiger partial charge is 0.489 e. The summed E-state index contributed by atoms with van der Waals surface area (Å²) in [6.07, 6.45) is 0.564. The second-order valence-corrected chi connectivity index (χ2v) is 6.37. The summed E-state index contributed by atoms with van der Waals surface area (Å²) in [5.41, 5.74) is 0.940. The summed E-state index contributed by atoms with van der Waals surface area (Å²) in [5, 5.41) is 12.0. The van der Waals surface area contributed by atoms with Crippen LogP contribution in [0.15, 0.2) is 18.2 Å². The first-order valence-corrected chi connectivity index (χ1v) is 6.96. The van der Waals surface area contributed by atoms with Gasteiger partial charge in [-0.2, -0.15) is 5.26 Å². The van der Waals surface area contributed by atoms with E-state index in [4.69, 9.17) is 9.47 Å². The third-order valence-electron chi connectivity index (χ3n) is 2.90. The fraction of sp³-hybridized carbons (Fsp3) is 0.500. The van der Waals surface area contributed by atoms with Gasteiger partial charge in [0.15, 0.2) is 0 Å². The van der Waals surface area contributed by atoms with Crippen LogP contribution < -0.4 is 10.1 Å². The molecule has 112 valence electrons. The second-order valence-electron chi connectivity index (χ2n) is 6.37. The van der Waals surface area contributed by atoms with E-state index in [1.807, 2.05) is 20.8 Å². The molecule has 0 radical (unpaired) electrons. The molecule has 1 amide bonds. The number of anilines is 1. The van der Waals surface area contributed by atoms with Crippen LogP contribution in [-0.2, 0) is 9.53 Å². The number of nitrogens with one attached hydrogen (secondary N) is 1. The Bertz CT molecular complexity index is 566. The van der Waals surface area contributed by atoms with E-state index in [-0.39, 0.29) is 17.4 Å². The topological polar surface area (TPSA) is 74.7 Å². The molecule has 0 bridgehead atoms. The van der Waals surface area contributed by atoms with Crippen LogP contribution >= 0.6 is 0 Å². The van der Waals surface area contributed by atoms with E-state index in [2.05, 4.69) is 11.4 Å². The van der Waals surface area contributed by atoms with Crippen molar-refractivity contribution in [2.75, 3.05) is 18.5 Å². The average molecular weight is 288 g/mol. The number of hydrogen-bond acceptors (Lipinski definition) is 4. The van der Waals surface area contributed by atoms with Crippen molar-refractivity contribution in [2.24, 2.45) is 5.41 Å². The van der Waals surface area contributed by atoms with Crippen LogP contribution in [0, 0.1) is 16.7 Å². The fourth-order valence-corrected chi connectivity index (χ4v) is 1.85. The van der Waals surface area contributed by atoms with Crippen molar-refractivity contribution >= 4 is 11.6 Å². The molecule has 1 aromatic rings. The van der Waals surface area contributed by atoms with Gasteiger partial charge in [-0.05, 0) is 23.6 Å². The van der Waals surface area contributed by atoms with Crippen LogP contribution in [0.1, 0.15) is 32.8 Å². The Hall–Kier alpha value is -2.06. The van der Waals surface area contributed by atoms with Gasteiger partial charge < -0.3 is 14.8 Å². The molecule has 0 aromatic heterocycles. The summed E-state index contributed by atoms with van der Waals surface area (Å²) < 4.78 is 10.6. The van der Waals surface area contributed by atoms with E-state index in [1.54, 1.807) is 18.2 Å². The maximum absolute atomic E-state index is 11.9. The van der Waals surface area contributed by atoms with Crippen LogP contribution in [0.2, 0.25) is 0 Å². The van der Waals surface area contributed by atoms with E-state index < -0.39 is 0 Å². The van der Waals surface area contributed by atoms with Crippen LogP contribution in [0.5, 0.6) is 5.75 Å². The van der Waals surface area contributed by atoms with Gasteiger partial charge >= 0.3 is 0 Å². The lowest BCUT2D eigenvalue weighted by atomic mass is 9.92. The predicted molar refractivity (Wildman–Crippen MR) is 79.1 cm³/mol. The van der Waals surface area contributed by atoms with Crippen molar-refractivity contribution in [1.29, 1.82) is 5.26 Å². The molecule has 21 heavy (non-hydrogen) atoms. The number of ether oxygens (including phenoxy) is 2. The van der Waals surface area contributed by atoms with Crippen LogP contribution in [0.3, 0.4) is 0 Å². The molecule has 5 nitrogen and oxygen atoms in total. The summed E-state index contributed by atoms with van der Waals surface area (Å²) in [5.74, 6) is 0.452. The number of epoxide rings is 1. The van der Waals surface area contributed by atoms with Gasteiger partial charge in [0.05, 0.1) is 12.2 Å². The molecule has 0 aliphatic carbocycles. The van der Waals surface area contributed by atoms with E-state index in [0.29, 0.717) is 36.6 Å². The minimum Gasteiger partial charge on any atom is -0.489 e. The smallest absolute Gasteiger partial charge is 0.224 e. The first-order valence-electron chi connectivity index (χ1n) is 6.96. The van der Waals surface area contributed by atoms with Crippen LogP contribution in [0.25, 0.3) is 0 Å². The first-order chi connectivity index (χ1) is 9.87. The van der Waals surface area contributed by atoms with E-state index >= 15 is 0 Å². The lowest BCUT2D eigenvalue weighted by Crippen LogP contribution is -2.19. The number of carbonyl (C=O) groups is 1. The number of rotatable bonds is 5. The van der Waals surface area contributed by atoms with Gasteiger partial charge in [0.1, 0.15) is 24.5 Å². The summed E-state index contributed by atoms with van der Waals surface area (Å²) in [6, 6.07) is 7.16. The lowest BCUT2D eigenvalue weighted by molar-refractivity contribution is -0.117. The van der Waals surface area contributed by atoms with Gasteiger partial charge in [-0.25, -0.2) is 0 Å². The molecule has 1 saturated heterocycles. The lowest BCUT2D eigenvalue weighted by Gasteiger charge is -2.17. The number of benzene rings is 1. The molecule has 1 aromatic carbocycles. The van der Waals surface area contributed by atoms with Crippen molar-refractivity contribution in [3.63, 3.8) is 0 Å². The zero-order valence-electron chi connectivity index (χ0n) is 12.6. The normalized spacial score (nSPS) is 17.0. The number of amides is 1. The summed E-state index contributed by atoms with van der Waals surface area (Å²) >= 11 is 0. The first kappa shape index (κ1) is 15.3. The molecule has 1 aliphatic rings. The molecule has 0 saturated carbocycles. The van der Waals surface area contributed by atoms with Gasteiger partial charge in [-0.15, -0.1) is 0 Å². The van der Waals surface area contributed by atoms with Gasteiger partial charge in [0.2, 0.25) is 5.91 Å². The van der Waals surface area contributed by atoms with E-state index in [1.165, 1.54) is 0 Å². The molecule has 0 spiro atoms. The minimum absolute atomic E-state index is 0.0635. The number of carbonyl (C=O) groups excluding carboxylic acids is 1. The summed E-state index contributed by atoms with van der Waals surface area (Å²) in [6.45, 7) is 7.17. The maximum Gasteiger partial charge on any atom is 0.224 e. The third kappa shape index (κ3) is 5.09. The Balaban J connectivity index is 2.00. The monoisotopic (exact) mass is 288 g/mol. The highest BCUT2D eigenvalue weighted by Gasteiger charge is 2.23. The molecule has 1 N–H and O–H groups in total. The summed E-state index contributed by atoms with van der Waals surface area (Å²) in [4.78, 5) is 11.9. The molecule has 1 aliphatic heterocycles. The predicted octanol–water partition coefficient (Wildman–Crippen LogP) is 2.71. The zero-order chi connectivity index (χ0) is 15.5. The van der Waals surface area contributed by atoms with Crippen molar-refractivity contribution in [3.8, 4) is 11.8 Å². The van der Waals surface area contributed by atoms with Crippen LogP contribution in [0.4, 0.5) is 5.69 Å². The van der Waals surface area contributed by atoms with E-state index in [9.17, 15) is 10.1 Å². The van der Waals surface area contributed by atoms with Gasteiger partial charge in [-0.1, -0.05) is 20.8 Å². The second kappa shape index (κ2) is 6.15. The highest BCUT2D eigenvalue weighted by Crippen LogP contribution is 2.25. The Morgan fingerprint density at radius 3 is 2.81 bits per heavy atom. The molecular weight excluding hydrogens is 268 g/mol. The number of nitriles is 1. The molecular formula is C16H20N2O3. The summed E-state index contributed by atoms with van der Waals surface area (Å²) in [7, 11) is 0. The number of nitrogens with zero attached hydrogens (tertiary/aromatic N) is 1. The highest BCUT2D eigenvalue weighted by molar-refractivity contribution is 5.91. The van der Waals surface area contributed by atoms with Crippen molar-refractivity contribution in [3.05, 3.63) is 23.8 Å². The standard InChI is InChI=1S/C16H20N2O3/c1-16(2,3)7-15(19)18-12-4-5-14(11(6-12)8-17)21-10-13-9-20-13/h4-6,13H,7,9-10H2,1-3H3,(H,18,19). The molecule has 1 fully saturated rings. The SMILES string of the molecule is CC(C)(C)CC(=O)Nc1ccc(OCC2CO2)c(C#N)c1. The average Bonchev–Trinajstić information content (AvgIpc) is 3.18. The molecule has 1 unspecified atom stereocenters. The Kier molecular flexibility index (Phi) is 4.49. The van der Waals surface area contributed by atoms with Gasteiger partial charge in [0.25, 0.3) is 0 Å². The Labute approximate surface area is 124 Å². The maximum atomic E-state index is 11.9. The fourth-order valence-electron chi connectivity index (χ4n) is 1.85. The molecule has 1 atom stereocenters. The third-order valence-corrected chi connectivity index (χ3v) is 2.90. The highest BCUT2D eigenvalue weighted by atomic mass is 16.6. The zero-order valence-corrected chi connectivity index (χ0v) is 12.6. The van der Waals surface area contributed by atoms with E-state index in [0.717, 1.165) is 0 Å². The van der Waals surface area contributed by atoms with Crippen LogP contribution in [-0.4, -0.2) is 25.2 Å². The van der Waals surface area contributed by atoms with Crippen molar-refractivity contribution < 1.29 is 14.3 Å². The molecule has 2 rings (SSSR count). The van der Waals surface area contributed by atoms with Crippen molar-refractivity contribution in [1.82, 2.24) is 0 Å². The van der Waals surface area contributed by atoms with Crippen molar-refractivity contribution in [2.45, 2.75) is 33.3 Å². The van der Waals surface area contributed by atoms with Gasteiger partial charge in [0, 0.05) is 12.1 Å². The quantitative estimate of drug-likeness (QED) is 0.845. The Morgan fingerprint density at radius 1 is 1.52 bits per heavy atom. The minimum atomic E-state index is -0.0740. The number of hydrogen-bond donors (Lipinski definition) is 1. The molecule has 1 heterocycles. The Morgan fingerprint density at radius 2 is 2.24 bits per heavy atom. The molecule has 5 heteroatoms. The van der Waals surface area contributed by atoms with Gasteiger partial charge in [-0.3, -0.25) is 4.79 Å².